The van der Waals surface area contributed by atoms with Gasteiger partial charge in [-0.25, -0.2) is 14.0 Å². The number of amides is 1. The summed E-state index contributed by atoms with van der Waals surface area (Å²) in [4.78, 5) is 37.5. The summed E-state index contributed by atoms with van der Waals surface area (Å²) in [5, 5.41) is 28.0. The maximum Gasteiger partial charge on any atom is 0.353 e. The zero-order valence-electron chi connectivity index (χ0n) is 18.2. The third-order valence-corrected chi connectivity index (χ3v) is 6.50. The van der Waals surface area contributed by atoms with Crippen molar-refractivity contribution in [2.24, 2.45) is 11.1 Å². The van der Waals surface area contributed by atoms with E-state index in [-0.39, 0.29) is 22.6 Å². The highest BCUT2D eigenvalue weighted by atomic mass is 32.1. The Hall–Kier alpha value is -3.31. The number of nitrogens with two attached hydrogens (primary N) is 1. The number of hydrogen-bond acceptors (Lipinski definition) is 7. The first-order valence-electron chi connectivity index (χ1n) is 10.2. The number of carbonyl (C=O) groups excluding carboxylic acids is 2. The van der Waals surface area contributed by atoms with Crippen molar-refractivity contribution in [1.29, 1.82) is 5.41 Å². The Kier molecular flexibility index (Phi) is 8.66. The van der Waals surface area contributed by atoms with Crippen molar-refractivity contribution < 1.29 is 33.7 Å². The maximum absolute atomic E-state index is 14.0. The van der Waals surface area contributed by atoms with Crippen LogP contribution >= 0.6 is 11.3 Å². The van der Waals surface area contributed by atoms with E-state index in [1.165, 1.54) is 18.2 Å². The molecule has 0 radical (unpaired) electrons. The number of nitrogens with one attached hydrogen (secondary N) is 2. The lowest BCUT2D eigenvalue weighted by Crippen LogP contribution is -2.50. The van der Waals surface area contributed by atoms with Gasteiger partial charge in [0.05, 0.1) is 17.6 Å². The van der Waals surface area contributed by atoms with Crippen LogP contribution in [0.25, 0.3) is 0 Å². The van der Waals surface area contributed by atoms with Crippen LogP contribution in [0, 0.1) is 16.6 Å². The molecule has 33 heavy (non-hydrogen) atoms. The standard InChI is InChI=1S/C22H26FN3O6S/c1-3-22(4-2,21(31)26-16(11-27)19(28)29)10-13-6-8-17(33-13)20(30)32-12-5-7-14(18(24)25)15(23)9-12/h5-9,16,27H,3-4,10-11H2,1-2H3,(H3,24,25)(H,26,31)(H,28,29)/t16-/m0/s1. The molecule has 1 atom stereocenters. The number of carboxylic acid groups (broad SMARTS) is 1. The van der Waals surface area contributed by atoms with Crippen LogP contribution < -0.4 is 15.8 Å². The first-order valence-corrected chi connectivity index (χ1v) is 11.0. The van der Waals surface area contributed by atoms with Gasteiger partial charge in [-0.2, -0.15) is 0 Å². The second-order valence-corrected chi connectivity index (χ2v) is 8.59. The molecule has 2 rings (SSSR count). The number of hydrogen-bond donors (Lipinski definition) is 5. The first-order chi connectivity index (χ1) is 15.6. The van der Waals surface area contributed by atoms with Crippen LogP contribution in [0.5, 0.6) is 5.75 Å². The minimum atomic E-state index is -1.40. The summed E-state index contributed by atoms with van der Waals surface area (Å²) in [6, 6.07) is 5.34. The van der Waals surface area contributed by atoms with Gasteiger partial charge in [-0.15, -0.1) is 11.3 Å². The van der Waals surface area contributed by atoms with Crippen molar-refractivity contribution in [2.45, 2.75) is 39.2 Å². The second kappa shape index (κ2) is 11.0. The Morgan fingerprint density at radius 1 is 1.24 bits per heavy atom. The predicted octanol–water partition coefficient (Wildman–Crippen LogP) is 2.30. The molecular formula is C22H26FN3O6S. The van der Waals surface area contributed by atoms with Gasteiger partial charge in [0, 0.05) is 10.9 Å². The Balaban J connectivity index is 2.16. The van der Waals surface area contributed by atoms with Crippen LogP contribution in [-0.2, 0) is 16.0 Å². The monoisotopic (exact) mass is 479 g/mol. The lowest BCUT2D eigenvalue weighted by Gasteiger charge is -2.31. The fraction of sp³-hybridized carbons (Fsp3) is 0.364. The van der Waals surface area contributed by atoms with Gasteiger partial charge in [0.15, 0.2) is 0 Å². The number of carboxylic acids is 1. The molecule has 0 spiro atoms. The molecule has 0 aliphatic carbocycles. The summed E-state index contributed by atoms with van der Waals surface area (Å²) < 4.78 is 19.2. The van der Waals surface area contributed by atoms with Gasteiger partial charge in [0.25, 0.3) is 0 Å². The highest BCUT2D eigenvalue weighted by Crippen LogP contribution is 2.34. The molecule has 178 valence electrons. The maximum atomic E-state index is 14.0. The molecule has 0 aliphatic rings. The molecule has 0 aliphatic heterocycles. The normalized spacial score (nSPS) is 12.1. The number of aliphatic hydroxyl groups is 1. The number of aliphatic hydroxyl groups excluding tert-OH is 1. The molecule has 0 saturated carbocycles. The van der Waals surface area contributed by atoms with E-state index in [0.717, 1.165) is 17.4 Å². The number of thiophene rings is 1. The second-order valence-electron chi connectivity index (χ2n) is 7.42. The van der Waals surface area contributed by atoms with E-state index in [0.29, 0.717) is 17.7 Å². The minimum Gasteiger partial charge on any atom is -0.480 e. The van der Waals surface area contributed by atoms with Crippen LogP contribution in [-0.4, -0.2) is 46.5 Å². The summed E-state index contributed by atoms with van der Waals surface area (Å²) in [5.74, 6) is -3.81. The molecule has 0 saturated heterocycles. The molecule has 0 fully saturated rings. The van der Waals surface area contributed by atoms with Gasteiger partial charge in [0.2, 0.25) is 5.91 Å². The molecule has 6 N–H and O–H groups in total. The SMILES string of the molecule is CCC(CC)(Cc1ccc(C(=O)Oc2ccc(C(=N)N)c(F)c2)s1)C(=O)N[C@@H](CO)C(=O)O. The Bertz CT molecular complexity index is 1050. The fourth-order valence-corrected chi connectivity index (χ4v) is 4.28. The summed E-state index contributed by atoms with van der Waals surface area (Å²) in [5.41, 5.74) is 4.24. The van der Waals surface area contributed by atoms with Crippen molar-refractivity contribution in [3.8, 4) is 5.75 Å². The lowest BCUT2D eigenvalue weighted by atomic mass is 9.77. The quantitative estimate of drug-likeness (QED) is 0.143. The fourth-order valence-electron chi connectivity index (χ4n) is 3.25. The molecule has 1 aromatic carbocycles. The van der Waals surface area contributed by atoms with Gasteiger partial charge in [-0.05, 0) is 43.5 Å². The summed E-state index contributed by atoms with van der Waals surface area (Å²) in [7, 11) is 0. The van der Waals surface area contributed by atoms with E-state index < -0.39 is 47.6 Å². The topological polar surface area (TPSA) is 163 Å². The largest absolute Gasteiger partial charge is 0.480 e. The van der Waals surface area contributed by atoms with Gasteiger partial charge in [-0.3, -0.25) is 10.2 Å². The van der Waals surface area contributed by atoms with Crippen LogP contribution in [0.3, 0.4) is 0 Å². The van der Waals surface area contributed by atoms with E-state index in [1.807, 2.05) is 0 Å². The van der Waals surface area contributed by atoms with E-state index in [1.54, 1.807) is 19.9 Å². The number of benzene rings is 1. The smallest absolute Gasteiger partial charge is 0.353 e. The van der Waals surface area contributed by atoms with Crippen molar-refractivity contribution >= 4 is 35.0 Å². The molecule has 1 heterocycles. The third-order valence-electron chi connectivity index (χ3n) is 5.44. The number of halogens is 1. The molecule has 0 unspecified atom stereocenters. The molecule has 1 aromatic heterocycles. The Morgan fingerprint density at radius 3 is 2.42 bits per heavy atom. The number of ether oxygens (including phenoxy) is 1. The molecule has 1 amide bonds. The van der Waals surface area contributed by atoms with E-state index >= 15 is 0 Å². The zero-order valence-corrected chi connectivity index (χ0v) is 19.0. The molecule has 11 heteroatoms. The number of carbonyl (C=O) groups is 3. The lowest BCUT2D eigenvalue weighted by molar-refractivity contribution is -0.145. The third kappa shape index (κ3) is 6.14. The van der Waals surface area contributed by atoms with Gasteiger partial charge < -0.3 is 26.0 Å². The average Bonchev–Trinajstić information content (AvgIpc) is 3.23. The van der Waals surface area contributed by atoms with Crippen LogP contribution in [0.4, 0.5) is 4.39 Å². The number of amidine groups is 1. The predicted molar refractivity (Wildman–Crippen MR) is 120 cm³/mol. The van der Waals surface area contributed by atoms with E-state index in [2.05, 4.69) is 5.32 Å². The van der Waals surface area contributed by atoms with Crippen LogP contribution in [0.15, 0.2) is 30.3 Å². The number of nitrogen functional groups attached to an aromatic ring is 1. The highest BCUT2D eigenvalue weighted by Gasteiger charge is 2.37. The van der Waals surface area contributed by atoms with E-state index in [9.17, 15) is 23.9 Å². The molecule has 2 aromatic rings. The van der Waals surface area contributed by atoms with Crippen molar-refractivity contribution in [3.63, 3.8) is 0 Å². The average molecular weight is 480 g/mol. The van der Waals surface area contributed by atoms with Crippen molar-refractivity contribution in [3.05, 3.63) is 51.5 Å². The van der Waals surface area contributed by atoms with Gasteiger partial charge >= 0.3 is 11.9 Å². The Labute approximate surface area is 193 Å². The molecule has 0 bridgehead atoms. The number of rotatable bonds is 11. The first kappa shape index (κ1) is 25.9. The summed E-state index contributed by atoms with van der Waals surface area (Å²) >= 11 is 1.11. The summed E-state index contributed by atoms with van der Waals surface area (Å²) in [6.45, 7) is 2.88. The van der Waals surface area contributed by atoms with E-state index in [4.69, 9.17) is 21.0 Å². The molecular weight excluding hydrogens is 453 g/mol. The van der Waals surface area contributed by atoms with Crippen LogP contribution in [0.2, 0.25) is 0 Å². The summed E-state index contributed by atoms with van der Waals surface area (Å²) in [6.07, 6.45) is 1.07. The Morgan fingerprint density at radius 2 is 1.91 bits per heavy atom. The number of aliphatic carboxylic acids is 1. The van der Waals surface area contributed by atoms with Crippen molar-refractivity contribution in [2.75, 3.05) is 6.61 Å². The number of esters is 1. The minimum absolute atomic E-state index is 0.0444. The van der Waals surface area contributed by atoms with Crippen molar-refractivity contribution in [1.82, 2.24) is 5.32 Å². The van der Waals surface area contributed by atoms with Gasteiger partial charge in [0.1, 0.15) is 28.3 Å². The zero-order chi connectivity index (χ0) is 24.8. The van der Waals surface area contributed by atoms with Gasteiger partial charge in [-0.1, -0.05) is 13.8 Å². The molecule has 9 nitrogen and oxygen atoms in total. The van der Waals surface area contributed by atoms with Crippen LogP contribution in [0.1, 0.15) is 46.8 Å². The highest BCUT2D eigenvalue weighted by molar-refractivity contribution is 7.14.